The Hall–Kier alpha value is -0.850. The molecular formula is C14H24O. The van der Waals surface area contributed by atoms with E-state index >= 15 is 0 Å². The summed E-state index contributed by atoms with van der Waals surface area (Å²) in [5, 5.41) is 0. The van der Waals surface area contributed by atoms with Crippen molar-refractivity contribution in [2.24, 2.45) is 0 Å². The van der Waals surface area contributed by atoms with Crippen molar-refractivity contribution < 1.29 is 4.79 Å². The van der Waals surface area contributed by atoms with Crippen LogP contribution >= 0.6 is 0 Å². The number of allylic oxidation sites excluding steroid dienone is 4. The van der Waals surface area contributed by atoms with Crippen molar-refractivity contribution in [2.45, 2.75) is 58.3 Å². The summed E-state index contributed by atoms with van der Waals surface area (Å²) in [6.07, 6.45) is 18.8. The summed E-state index contributed by atoms with van der Waals surface area (Å²) < 4.78 is 0. The highest BCUT2D eigenvalue weighted by Crippen LogP contribution is 2.04. The minimum absolute atomic E-state index is 0.732. The molecule has 0 N–H and O–H groups in total. The minimum atomic E-state index is 0.732. The van der Waals surface area contributed by atoms with Crippen LogP contribution in [-0.4, -0.2) is 6.29 Å². The van der Waals surface area contributed by atoms with Gasteiger partial charge in [0.1, 0.15) is 6.29 Å². The van der Waals surface area contributed by atoms with E-state index in [1.54, 1.807) is 0 Å². The average Bonchev–Trinajstić information content (AvgIpc) is 2.26. The van der Waals surface area contributed by atoms with E-state index in [4.69, 9.17) is 0 Å². The molecule has 15 heavy (non-hydrogen) atoms. The van der Waals surface area contributed by atoms with E-state index in [2.05, 4.69) is 31.2 Å². The van der Waals surface area contributed by atoms with Crippen molar-refractivity contribution >= 4 is 6.29 Å². The Morgan fingerprint density at radius 2 is 1.40 bits per heavy atom. The van der Waals surface area contributed by atoms with E-state index in [1.165, 1.54) is 32.1 Å². The van der Waals surface area contributed by atoms with Gasteiger partial charge in [-0.3, -0.25) is 0 Å². The molecule has 0 aliphatic rings. The summed E-state index contributed by atoms with van der Waals surface area (Å²) in [4.78, 5) is 10.0. The predicted molar refractivity (Wildman–Crippen MR) is 67.0 cm³/mol. The molecule has 0 unspecified atom stereocenters. The second kappa shape index (κ2) is 13.2. The van der Waals surface area contributed by atoms with E-state index in [1.807, 2.05) is 0 Å². The Balaban J connectivity index is 3.12. The normalized spacial score (nSPS) is 11.5. The van der Waals surface area contributed by atoms with Gasteiger partial charge in [0.25, 0.3) is 0 Å². The third-order valence-electron chi connectivity index (χ3n) is 2.28. The topological polar surface area (TPSA) is 17.1 Å². The molecule has 0 radical (unpaired) electrons. The zero-order chi connectivity index (χ0) is 11.2. The molecule has 0 saturated heterocycles. The monoisotopic (exact) mass is 208 g/mol. The highest BCUT2D eigenvalue weighted by molar-refractivity contribution is 5.48. The second-order valence-corrected chi connectivity index (χ2v) is 3.80. The smallest absolute Gasteiger partial charge is 0.119 e. The average molecular weight is 208 g/mol. The molecule has 0 amide bonds. The third kappa shape index (κ3) is 13.2. The number of rotatable bonds is 10. The minimum Gasteiger partial charge on any atom is -0.303 e. The lowest BCUT2D eigenvalue weighted by Crippen LogP contribution is -1.78. The standard InChI is InChI=1S/C14H24O/c1-2-3-4-5-6-7-8-9-10-11-12-13-14-15/h4-7,14H,2-3,8-13H2,1H3/b5-4?,7-6-. The summed E-state index contributed by atoms with van der Waals surface area (Å²) in [6, 6.07) is 0. The van der Waals surface area contributed by atoms with E-state index in [-0.39, 0.29) is 0 Å². The largest absolute Gasteiger partial charge is 0.303 e. The van der Waals surface area contributed by atoms with Crippen LogP contribution in [0.1, 0.15) is 58.3 Å². The van der Waals surface area contributed by atoms with E-state index in [0.29, 0.717) is 0 Å². The molecule has 1 nitrogen and oxygen atoms in total. The number of carbonyl (C=O) groups excluding carboxylic acids is 1. The number of hydrogen-bond donors (Lipinski definition) is 0. The third-order valence-corrected chi connectivity index (χ3v) is 2.28. The Kier molecular flexibility index (Phi) is 12.4. The van der Waals surface area contributed by atoms with E-state index in [0.717, 1.165) is 25.5 Å². The molecule has 0 saturated carbocycles. The SMILES string of the molecule is CCCC=C/C=C\CCCCCCC=O. The summed E-state index contributed by atoms with van der Waals surface area (Å²) in [5.41, 5.74) is 0. The zero-order valence-corrected chi connectivity index (χ0v) is 9.95. The maximum Gasteiger partial charge on any atom is 0.119 e. The van der Waals surface area contributed by atoms with Gasteiger partial charge in [-0.25, -0.2) is 0 Å². The van der Waals surface area contributed by atoms with Crippen LogP contribution in [0.4, 0.5) is 0 Å². The van der Waals surface area contributed by atoms with Crippen molar-refractivity contribution in [1.29, 1.82) is 0 Å². The number of carbonyl (C=O) groups is 1. The van der Waals surface area contributed by atoms with Gasteiger partial charge in [0.2, 0.25) is 0 Å². The molecule has 0 heterocycles. The molecule has 0 aliphatic carbocycles. The summed E-state index contributed by atoms with van der Waals surface area (Å²) in [5.74, 6) is 0. The Morgan fingerprint density at radius 1 is 0.800 bits per heavy atom. The lowest BCUT2D eigenvalue weighted by molar-refractivity contribution is -0.107. The molecule has 0 aromatic heterocycles. The fourth-order valence-corrected chi connectivity index (χ4v) is 1.36. The molecule has 0 bridgehead atoms. The van der Waals surface area contributed by atoms with Gasteiger partial charge >= 0.3 is 0 Å². The highest BCUT2D eigenvalue weighted by Gasteiger charge is 1.87. The Morgan fingerprint density at radius 3 is 2.00 bits per heavy atom. The van der Waals surface area contributed by atoms with Crippen molar-refractivity contribution in [3.05, 3.63) is 24.3 Å². The van der Waals surface area contributed by atoms with Crippen molar-refractivity contribution in [1.82, 2.24) is 0 Å². The molecule has 0 aromatic rings. The van der Waals surface area contributed by atoms with Crippen molar-refractivity contribution in [3.63, 3.8) is 0 Å². The van der Waals surface area contributed by atoms with Gasteiger partial charge < -0.3 is 4.79 Å². The molecule has 86 valence electrons. The zero-order valence-electron chi connectivity index (χ0n) is 9.95. The predicted octanol–water partition coefficient (Wildman–Crippen LogP) is 4.44. The lowest BCUT2D eigenvalue weighted by Gasteiger charge is -1.95. The maximum absolute atomic E-state index is 10.0. The molecule has 0 atom stereocenters. The van der Waals surface area contributed by atoms with E-state index in [9.17, 15) is 4.79 Å². The maximum atomic E-state index is 10.0. The van der Waals surface area contributed by atoms with Crippen LogP contribution in [0, 0.1) is 0 Å². The molecule has 0 spiro atoms. The first-order chi connectivity index (χ1) is 7.41. The molecule has 0 aliphatic heterocycles. The highest BCUT2D eigenvalue weighted by atomic mass is 16.1. The Bertz CT molecular complexity index is 180. The van der Waals surface area contributed by atoms with Gasteiger partial charge in [-0.1, -0.05) is 50.5 Å². The first-order valence-electron chi connectivity index (χ1n) is 6.17. The fourth-order valence-electron chi connectivity index (χ4n) is 1.36. The quantitative estimate of drug-likeness (QED) is 0.295. The summed E-state index contributed by atoms with van der Waals surface area (Å²) >= 11 is 0. The summed E-state index contributed by atoms with van der Waals surface area (Å²) in [6.45, 7) is 2.19. The van der Waals surface area contributed by atoms with Gasteiger partial charge in [-0.05, 0) is 25.7 Å². The van der Waals surface area contributed by atoms with Gasteiger partial charge in [-0.2, -0.15) is 0 Å². The van der Waals surface area contributed by atoms with Gasteiger partial charge in [0.05, 0.1) is 0 Å². The van der Waals surface area contributed by atoms with Crippen LogP contribution in [0.2, 0.25) is 0 Å². The number of hydrogen-bond acceptors (Lipinski definition) is 1. The van der Waals surface area contributed by atoms with Crippen molar-refractivity contribution in [3.8, 4) is 0 Å². The molecule has 0 rings (SSSR count). The van der Waals surface area contributed by atoms with E-state index < -0.39 is 0 Å². The van der Waals surface area contributed by atoms with Gasteiger partial charge in [-0.15, -0.1) is 0 Å². The van der Waals surface area contributed by atoms with Crippen LogP contribution in [0.5, 0.6) is 0 Å². The lowest BCUT2D eigenvalue weighted by atomic mass is 10.1. The molecule has 0 aromatic carbocycles. The first kappa shape index (κ1) is 14.2. The molecule has 1 heteroatoms. The Labute approximate surface area is 94.3 Å². The van der Waals surface area contributed by atoms with Crippen LogP contribution in [-0.2, 0) is 4.79 Å². The second-order valence-electron chi connectivity index (χ2n) is 3.80. The van der Waals surface area contributed by atoms with Gasteiger partial charge in [0.15, 0.2) is 0 Å². The summed E-state index contributed by atoms with van der Waals surface area (Å²) in [7, 11) is 0. The number of unbranched alkanes of at least 4 members (excludes halogenated alkanes) is 6. The van der Waals surface area contributed by atoms with Crippen LogP contribution in [0.15, 0.2) is 24.3 Å². The number of aldehydes is 1. The van der Waals surface area contributed by atoms with Crippen LogP contribution in [0.25, 0.3) is 0 Å². The van der Waals surface area contributed by atoms with Crippen molar-refractivity contribution in [2.75, 3.05) is 0 Å². The van der Waals surface area contributed by atoms with Crippen LogP contribution in [0.3, 0.4) is 0 Å². The molecule has 0 fully saturated rings. The van der Waals surface area contributed by atoms with Crippen LogP contribution < -0.4 is 0 Å². The van der Waals surface area contributed by atoms with Gasteiger partial charge in [0, 0.05) is 6.42 Å². The first-order valence-corrected chi connectivity index (χ1v) is 6.17. The fraction of sp³-hybridized carbons (Fsp3) is 0.643. The molecular weight excluding hydrogens is 184 g/mol.